The SMILES string of the molecule is Cc1ccc(CCCCC(=O)NCc2ccc(C(=O)O)s2)cc1. The Kier molecular flexibility index (Phi) is 6.35. The monoisotopic (exact) mass is 331 g/mol. The molecule has 1 amide bonds. The highest BCUT2D eigenvalue weighted by Crippen LogP contribution is 2.16. The number of hydrogen-bond acceptors (Lipinski definition) is 3. The van der Waals surface area contributed by atoms with Gasteiger partial charge in [0.05, 0.1) is 6.54 Å². The highest BCUT2D eigenvalue weighted by atomic mass is 32.1. The molecular formula is C18H21NO3S. The summed E-state index contributed by atoms with van der Waals surface area (Å²) in [6.45, 7) is 2.47. The summed E-state index contributed by atoms with van der Waals surface area (Å²) in [5.41, 5.74) is 2.56. The van der Waals surface area contributed by atoms with E-state index in [4.69, 9.17) is 5.11 Å². The van der Waals surface area contributed by atoms with Crippen LogP contribution >= 0.6 is 11.3 Å². The van der Waals surface area contributed by atoms with Gasteiger partial charge in [0.15, 0.2) is 0 Å². The predicted molar refractivity (Wildman–Crippen MR) is 91.9 cm³/mol. The van der Waals surface area contributed by atoms with Crippen molar-refractivity contribution < 1.29 is 14.7 Å². The fourth-order valence-electron chi connectivity index (χ4n) is 2.23. The maximum absolute atomic E-state index is 11.8. The van der Waals surface area contributed by atoms with Gasteiger partial charge < -0.3 is 10.4 Å². The number of carboxylic acids is 1. The van der Waals surface area contributed by atoms with E-state index in [0.29, 0.717) is 17.8 Å². The van der Waals surface area contributed by atoms with Crippen molar-refractivity contribution in [1.29, 1.82) is 0 Å². The zero-order valence-corrected chi connectivity index (χ0v) is 14.0. The maximum Gasteiger partial charge on any atom is 0.345 e. The number of unbranched alkanes of at least 4 members (excludes halogenated alkanes) is 1. The molecule has 0 fully saturated rings. The molecule has 0 radical (unpaired) electrons. The molecule has 23 heavy (non-hydrogen) atoms. The van der Waals surface area contributed by atoms with Gasteiger partial charge in [0.2, 0.25) is 5.91 Å². The van der Waals surface area contributed by atoms with Gasteiger partial charge in [-0.1, -0.05) is 29.8 Å². The quantitative estimate of drug-likeness (QED) is 0.723. The third-order valence-corrected chi connectivity index (χ3v) is 4.65. The molecule has 0 bridgehead atoms. The van der Waals surface area contributed by atoms with Crippen LogP contribution in [0.2, 0.25) is 0 Å². The number of rotatable bonds is 8. The molecule has 1 heterocycles. The molecule has 4 nitrogen and oxygen atoms in total. The molecule has 0 aliphatic heterocycles. The van der Waals surface area contributed by atoms with Crippen LogP contribution in [0.15, 0.2) is 36.4 Å². The van der Waals surface area contributed by atoms with Crippen molar-refractivity contribution in [2.45, 2.75) is 39.2 Å². The summed E-state index contributed by atoms with van der Waals surface area (Å²) in [5.74, 6) is -0.914. The van der Waals surface area contributed by atoms with Crippen LogP contribution in [-0.2, 0) is 17.8 Å². The molecular weight excluding hydrogens is 310 g/mol. The minimum Gasteiger partial charge on any atom is -0.477 e. The van der Waals surface area contributed by atoms with Crippen LogP contribution in [0.4, 0.5) is 0 Å². The molecule has 0 aliphatic rings. The zero-order valence-electron chi connectivity index (χ0n) is 13.2. The number of aromatic carboxylic acids is 1. The fraction of sp³-hybridized carbons (Fsp3) is 0.333. The minimum atomic E-state index is -0.927. The Balaban J connectivity index is 1.63. The first-order valence-corrected chi connectivity index (χ1v) is 8.50. The number of aryl methyl sites for hydroxylation is 2. The lowest BCUT2D eigenvalue weighted by molar-refractivity contribution is -0.121. The summed E-state index contributed by atoms with van der Waals surface area (Å²) in [5, 5.41) is 11.7. The number of benzene rings is 1. The van der Waals surface area contributed by atoms with Crippen LogP contribution in [0.25, 0.3) is 0 Å². The smallest absolute Gasteiger partial charge is 0.345 e. The maximum atomic E-state index is 11.8. The number of hydrogen-bond donors (Lipinski definition) is 2. The standard InChI is InChI=1S/C18H21NO3S/c1-13-6-8-14(9-7-13)4-2-3-5-17(20)19-12-15-10-11-16(23-15)18(21)22/h6-11H,2-5,12H2,1H3,(H,19,20)(H,21,22). The summed E-state index contributed by atoms with van der Waals surface area (Å²) in [6.07, 6.45) is 3.33. The molecule has 0 spiro atoms. The van der Waals surface area contributed by atoms with Crippen molar-refractivity contribution in [1.82, 2.24) is 5.32 Å². The molecule has 2 aromatic rings. The Bertz CT molecular complexity index is 661. The van der Waals surface area contributed by atoms with Crippen LogP contribution in [0.1, 0.15) is 44.9 Å². The number of carbonyl (C=O) groups excluding carboxylic acids is 1. The Hall–Kier alpha value is -2.14. The molecule has 2 rings (SSSR count). The third-order valence-electron chi connectivity index (χ3n) is 3.57. The largest absolute Gasteiger partial charge is 0.477 e. The summed E-state index contributed by atoms with van der Waals surface area (Å²) in [7, 11) is 0. The highest BCUT2D eigenvalue weighted by Gasteiger charge is 2.08. The molecule has 122 valence electrons. The lowest BCUT2D eigenvalue weighted by Crippen LogP contribution is -2.21. The average molecular weight is 331 g/mol. The molecule has 0 atom stereocenters. The van der Waals surface area contributed by atoms with E-state index in [1.807, 2.05) is 0 Å². The topological polar surface area (TPSA) is 66.4 Å². The number of carbonyl (C=O) groups is 2. The summed E-state index contributed by atoms with van der Waals surface area (Å²) in [4.78, 5) is 23.7. The lowest BCUT2D eigenvalue weighted by atomic mass is 10.1. The van der Waals surface area contributed by atoms with E-state index in [1.54, 1.807) is 12.1 Å². The van der Waals surface area contributed by atoms with Gasteiger partial charge in [-0.15, -0.1) is 11.3 Å². The van der Waals surface area contributed by atoms with Crippen molar-refractivity contribution in [2.75, 3.05) is 0 Å². The third kappa shape index (κ3) is 5.87. The molecule has 0 aliphatic carbocycles. The van der Waals surface area contributed by atoms with Gasteiger partial charge in [-0.3, -0.25) is 4.79 Å². The van der Waals surface area contributed by atoms with Crippen LogP contribution in [-0.4, -0.2) is 17.0 Å². The average Bonchev–Trinajstić information content (AvgIpc) is 3.00. The molecule has 2 N–H and O–H groups in total. The summed E-state index contributed by atoms with van der Waals surface area (Å²) in [6, 6.07) is 11.8. The number of amides is 1. The van der Waals surface area contributed by atoms with E-state index in [0.717, 1.165) is 24.1 Å². The number of carboxylic acid groups (broad SMARTS) is 1. The second-order valence-corrected chi connectivity index (χ2v) is 6.71. The molecule has 1 aromatic heterocycles. The Labute approximate surface area is 140 Å². The van der Waals surface area contributed by atoms with Crippen molar-refractivity contribution >= 4 is 23.2 Å². The Morgan fingerprint density at radius 2 is 1.83 bits per heavy atom. The van der Waals surface area contributed by atoms with Gasteiger partial charge in [0.1, 0.15) is 4.88 Å². The van der Waals surface area contributed by atoms with Gasteiger partial charge in [-0.25, -0.2) is 4.79 Å². The molecule has 0 saturated carbocycles. The molecule has 1 aromatic carbocycles. The molecule has 5 heteroatoms. The first-order valence-electron chi connectivity index (χ1n) is 7.69. The Morgan fingerprint density at radius 3 is 2.48 bits per heavy atom. The van der Waals surface area contributed by atoms with E-state index in [9.17, 15) is 9.59 Å². The second kappa shape index (κ2) is 8.48. The first kappa shape index (κ1) is 17.2. The van der Waals surface area contributed by atoms with E-state index in [2.05, 4.69) is 36.5 Å². The number of thiophene rings is 1. The van der Waals surface area contributed by atoms with Gasteiger partial charge in [0, 0.05) is 11.3 Å². The summed E-state index contributed by atoms with van der Waals surface area (Å²) < 4.78 is 0. The van der Waals surface area contributed by atoms with E-state index in [1.165, 1.54) is 22.5 Å². The van der Waals surface area contributed by atoms with E-state index < -0.39 is 5.97 Å². The molecule has 0 unspecified atom stereocenters. The van der Waals surface area contributed by atoms with Crippen molar-refractivity contribution in [2.24, 2.45) is 0 Å². The number of nitrogens with one attached hydrogen (secondary N) is 1. The normalized spacial score (nSPS) is 10.5. The van der Waals surface area contributed by atoms with Gasteiger partial charge >= 0.3 is 5.97 Å². The zero-order chi connectivity index (χ0) is 16.7. The highest BCUT2D eigenvalue weighted by molar-refractivity contribution is 7.13. The van der Waals surface area contributed by atoms with Crippen LogP contribution in [0.3, 0.4) is 0 Å². The van der Waals surface area contributed by atoms with Gasteiger partial charge in [0.25, 0.3) is 0 Å². The van der Waals surface area contributed by atoms with Crippen molar-refractivity contribution in [3.63, 3.8) is 0 Å². The molecule has 0 saturated heterocycles. The first-order chi connectivity index (χ1) is 11.0. The second-order valence-electron chi connectivity index (χ2n) is 5.54. The van der Waals surface area contributed by atoms with Crippen molar-refractivity contribution in [3.8, 4) is 0 Å². The fourth-order valence-corrected chi connectivity index (χ4v) is 3.02. The summed E-state index contributed by atoms with van der Waals surface area (Å²) >= 11 is 1.20. The van der Waals surface area contributed by atoms with Crippen LogP contribution in [0.5, 0.6) is 0 Å². The van der Waals surface area contributed by atoms with E-state index in [-0.39, 0.29) is 5.91 Å². The van der Waals surface area contributed by atoms with Crippen LogP contribution < -0.4 is 5.32 Å². The minimum absolute atomic E-state index is 0.0131. The van der Waals surface area contributed by atoms with Crippen molar-refractivity contribution in [3.05, 3.63) is 57.3 Å². The van der Waals surface area contributed by atoms with E-state index >= 15 is 0 Å². The van der Waals surface area contributed by atoms with Gasteiger partial charge in [-0.05, 0) is 43.9 Å². The van der Waals surface area contributed by atoms with Crippen LogP contribution in [0, 0.1) is 6.92 Å². The predicted octanol–water partition coefficient (Wildman–Crippen LogP) is 3.78. The lowest BCUT2D eigenvalue weighted by Gasteiger charge is -2.04. The Morgan fingerprint density at radius 1 is 1.09 bits per heavy atom. The van der Waals surface area contributed by atoms with Gasteiger partial charge in [-0.2, -0.15) is 0 Å².